The van der Waals surface area contributed by atoms with E-state index >= 15 is 0 Å². The highest BCUT2D eigenvalue weighted by Gasteiger charge is 2.16. The van der Waals surface area contributed by atoms with E-state index in [0.717, 1.165) is 10.8 Å². The first-order chi connectivity index (χ1) is 9.52. The Balaban J connectivity index is 2.18. The van der Waals surface area contributed by atoms with Crippen molar-refractivity contribution in [2.75, 3.05) is 23.4 Å². The zero-order chi connectivity index (χ0) is 14.6. The minimum Gasteiger partial charge on any atom is -0.329 e. The summed E-state index contributed by atoms with van der Waals surface area (Å²) < 4.78 is 23.1. The van der Waals surface area contributed by atoms with Gasteiger partial charge in [0.05, 0.1) is 5.75 Å². The molecule has 0 saturated carbocycles. The molecule has 0 unspecified atom stereocenters. The number of benzene rings is 2. The quantitative estimate of drug-likeness (QED) is 0.865. The smallest absolute Gasteiger partial charge is 0.239 e. The van der Waals surface area contributed by atoms with Crippen molar-refractivity contribution in [3.05, 3.63) is 42.5 Å². The summed E-state index contributed by atoms with van der Waals surface area (Å²) >= 11 is 0. The standard InChI is InChI=1S/C14H16N2O3S/c15-8-9-20(18,19)10-14(17)16-13-7-3-5-11-4-1-2-6-12(11)13/h1-7H,8-10,15H2,(H,16,17). The lowest BCUT2D eigenvalue weighted by Crippen LogP contribution is -2.27. The Bertz CT molecular complexity index is 721. The zero-order valence-corrected chi connectivity index (χ0v) is 11.7. The fraction of sp³-hybridized carbons (Fsp3) is 0.214. The van der Waals surface area contributed by atoms with Gasteiger partial charge in [-0.05, 0) is 11.5 Å². The van der Waals surface area contributed by atoms with Crippen LogP contribution in [0.15, 0.2) is 42.5 Å². The molecule has 20 heavy (non-hydrogen) atoms. The van der Waals surface area contributed by atoms with Crippen molar-refractivity contribution < 1.29 is 13.2 Å². The fourth-order valence-corrected chi connectivity index (χ4v) is 2.95. The van der Waals surface area contributed by atoms with E-state index in [1.165, 1.54) is 0 Å². The van der Waals surface area contributed by atoms with Crippen LogP contribution in [0.4, 0.5) is 5.69 Å². The normalized spacial score (nSPS) is 11.4. The van der Waals surface area contributed by atoms with Gasteiger partial charge in [0.15, 0.2) is 9.84 Å². The van der Waals surface area contributed by atoms with Crippen molar-refractivity contribution >= 4 is 32.2 Å². The Morgan fingerprint density at radius 1 is 1.10 bits per heavy atom. The van der Waals surface area contributed by atoms with Crippen LogP contribution in [0.5, 0.6) is 0 Å². The number of nitrogens with one attached hydrogen (secondary N) is 1. The summed E-state index contributed by atoms with van der Waals surface area (Å²) in [7, 11) is -3.44. The third-order valence-corrected chi connectivity index (χ3v) is 4.40. The van der Waals surface area contributed by atoms with Gasteiger partial charge in [0, 0.05) is 17.6 Å². The Morgan fingerprint density at radius 2 is 1.80 bits per heavy atom. The van der Waals surface area contributed by atoms with E-state index in [-0.39, 0.29) is 12.3 Å². The number of carbonyl (C=O) groups is 1. The average Bonchev–Trinajstić information content (AvgIpc) is 2.38. The van der Waals surface area contributed by atoms with E-state index < -0.39 is 21.5 Å². The second kappa shape index (κ2) is 6.02. The van der Waals surface area contributed by atoms with Crippen molar-refractivity contribution in [3.8, 4) is 0 Å². The average molecular weight is 292 g/mol. The van der Waals surface area contributed by atoms with Crippen molar-refractivity contribution in [1.29, 1.82) is 0 Å². The molecule has 0 heterocycles. The number of nitrogens with two attached hydrogens (primary N) is 1. The Morgan fingerprint density at radius 3 is 2.55 bits per heavy atom. The van der Waals surface area contributed by atoms with Gasteiger partial charge in [0.25, 0.3) is 0 Å². The van der Waals surface area contributed by atoms with Crippen molar-refractivity contribution in [2.45, 2.75) is 0 Å². The molecule has 0 bridgehead atoms. The number of hydrogen-bond acceptors (Lipinski definition) is 4. The number of fused-ring (bicyclic) bond motifs is 1. The molecule has 3 N–H and O–H groups in total. The maximum atomic E-state index is 11.8. The van der Waals surface area contributed by atoms with Crippen LogP contribution in [0.1, 0.15) is 0 Å². The molecule has 2 rings (SSSR count). The first-order valence-electron chi connectivity index (χ1n) is 6.20. The molecule has 0 atom stereocenters. The highest BCUT2D eigenvalue weighted by atomic mass is 32.2. The summed E-state index contributed by atoms with van der Waals surface area (Å²) in [6, 6.07) is 13.1. The van der Waals surface area contributed by atoms with Crippen LogP contribution in [0, 0.1) is 0 Å². The molecule has 106 valence electrons. The van der Waals surface area contributed by atoms with Crippen LogP contribution in [0.3, 0.4) is 0 Å². The topological polar surface area (TPSA) is 89.3 Å². The third-order valence-electron chi connectivity index (χ3n) is 2.84. The maximum Gasteiger partial charge on any atom is 0.239 e. The van der Waals surface area contributed by atoms with E-state index in [9.17, 15) is 13.2 Å². The van der Waals surface area contributed by atoms with Crippen molar-refractivity contribution in [2.24, 2.45) is 5.73 Å². The summed E-state index contributed by atoms with van der Waals surface area (Å²) in [5.74, 6) is -1.28. The minimum absolute atomic E-state index is 0.0177. The van der Waals surface area contributed by atoms with Gasteiger partial charge in [0.1, 0.15) is 5.75 Å². The SMILES string of the molecule is NCCS(=O)(=O)CC(=O)Nc1cccc2ccccc12. The fourth-order valence-electron chi connectivity index (χ4n) is 1.97. The molecule has 0 aliphatic heterocycles. The van der Waals surface area contributed by atoms with E-state index in [0.29, 0.717) is 5.69 Å². The zero-order valence-electron chi connectivity index (χ0n) is 10.9. The van der Waals surface area contributed by atoms with Crippen LogP contribution >= 0.6 is 0 Å². The van der Waals surface area contributed by atoms with Crippen LogP contribution in [0.25, 0.3) is 10.8 Å². The molecule has 0 fully saturated rings. The number of rotatable bonds is 5. The lowest BCUT2D eigenvalue weighted by atomic mass is 10.1. The maximum absolute atomic E-state index is 11.8. The number of sulfone groups is 1. The molecule has 0 saturated heterocycles. The predicted molar refractivity (Wildman–Crippen MR) is 80.3 cm³/mol. The van der Waals surface area contributed by atoms with E-state index in [1.807, 2.05) is 36.4 Å². The van der Waals surface area contributed by atoms with Gasteiger partial charge in [-0.3, -0.25) is 4.79 Å². The first-order valence-corrected chi connectivity index (χ1v) is 8.02. The van der Waals surface area contributed by atoms with Gasteiger partial charge in [-0.25, -0.2) is 8.42 Å². The van der Waals surface area contributed by atoms with Gasteiger partial charge in [-0.2, -0.15) is 0 Å². The first kappa shape index (κ1) is 14.5. The molecular weight excluding hydrogens is 276 g/mol. The van der Waals surface area contributed by atoms with E-state index in [4.69, 9.17) is 5.73 Å². The van der Waals surface area contributed by atoms with Crippen LogP contribution in [0.2, 0.25) is 0 Å². The number of anilines is 1. The second-order valence-corrected chi connectivity index (χ2v) is 6.64. The molecule has 0 spiro atoms. The van der Waals surface area contributed by atoms with Crippen molar-refractivity contribution in [1.82, 2.24) is 0 Å². The molecule has 6 heteroatoms. The molecule has 1 amide bonds. The van der Waals surface area contributed by atoms with Gasteiger partial charge in [-0.15, -0.1) is 0 Å². The van der Waals surface area contributed by atoms with Gasteiger partial charge in [0.2, 0.25) is 5.91 Å². The lowest BCUT2D eigenvalue weighted by molar-refractivity contribution is -0.113. The van der Waals surface area contributed by atoms with Crippen LogP contribution in [-0.4, -0.2) is 32.4 Å². The highest BCUT2D eigenvalue weighted by Crippen LogP contribution is 2.22. The Hall–Kier alpha value is -1.92. The van der Waals surface area contributed by atoms with E-state index in [2.05, 4.69) is 5.32 Å². The minimum atomic E-state index is -3.44. The second-order valence-electron chi connectivity index (χ2n) is 4.46. The number of carbonyl (C=O) groups excluding carboxylic acids is 1. The molecule has 2 aromatic carbocycles. The van der Waals surface area contributed by atoms with Gasteiger partial charge >= 0.3 is 0 Å². The number of amides is 1. The summed E-state index contributed by atoms with van der Waals surface area (Å²) in [5.41, 5.74) is 5.81. The van der Waals surface area contributed by atoms with Gasteiger partial charge in [-0.1, -0.05) is 36.4 Å². The molecule has 0 aliphatic carbocycles. The molecule has 0 aromatic heterocycles. The molecule has 5 nitrogen and oxygen atoms in total. The lowest BCUT2D eigenvalue weighted by Gasteiger charge is -2.09. The molecular formula is C14H16N2O3S. The third kappa shape index (κ3) is 3.55. The predicted octanol–water partition coefficient (Wildman–Crippen LogP) is 1.15. The molecule has 2 aromatic rings. The van der Waals surface area contributed by atoms with Crippen molar-refractivity contribution in [3.63, 3.8) is 0 Å². The Kier molecular flexibility index (Phi) is 4.36. The summed E-state index contributed by atoms with van der Waals surface area (Å²) in [4.78, 5) is 11.8. The van der Waals surface area contributed by atoms with Crippen LogP contribution < -0.4 is 11.1 Å². The summed E-state index contributed by atoms with van der Waals surface area (Å²) in [6.07, 6.45) is 0. The van der Waals surface area contributed by atoms with Crippen LogP contribution in [-0.2, 0) is 14.6 Å². The highest BCUT2D eigenvalue weighted by molar-refractivity contribution is 7.92. The molecule has 0 radical (unpaired) electrons. The molecule has 0 aliphatic rings. The van der Waals surface area contributed by atoms with E-state index in [1.54, 1.807) is 6.07 Å². The summed E-state index contributed by atoms with van der Waals surface area (Å²) in [5, 5.41) is 4.50. The number of hydrogen-bond donors (Lipinski definition) is 2. The van der Waals surface area contributed by atoms with Gasteiger partial charge < -0.3 is 11.1 Å². The largest absolute Gasteiger partial charge is 0.329 e. The summed E-state index contributed by atoms with van der Waals surface area (Å²) in [6.45, 7) is 0.0177. The Labute approximate surface area is 117 Å². The monoisotopic (exact) mass is 292 g/mol.